The molecule has 0 aromatic heterocycles. The molecule has 2 aromatic carbocycles. The lowest BCUT2D eigenvalue weighted by molar-refractivity contribution is -0.120. The minimum atomic E-state index is -0.866. The number of benzene rings is 2. The summed E-state index contributed by atoms with van der Waals surface area (Å²) in [7, 11) is 0. The second-order valence-corrected chi connectivity index (χ2v) is 5.77. The van der Waals surface area contributed by atoms with Crippen LogP contribution in [0.4, 0.5) is 10.5 Å². The van der Waals surface area contributed by atoms with Gasteiger partial charge in [-0.05, 0) is 35.6 Å². The van der Waals surface area contributed by atoms with E-state index in [1.165, 1.54) is 5.56 Å². The molecule has 24 heavy (non-hydrogen) atoms. The van der Waals surface area contributed by atoms with Crippen molar-refractivity contribution in [2.45, 2.75) is 32.2 Å². The second-order valence-electron chi connectivity index (χ2n) is 5.77. The zero-order valence-corrected chi connectivity index (χ0v) is 14.0. The maximum atomic E-state index is 12.3. The third-order valence-electron chi connectivity index (χ3n) is 4.04. The predicted octanol–water partition coefficient (Wildman–Crippen LogP) is 3.55. The molecule has 0 bridgehead atoms. The zero-order valence-electron chi connectivity index (χ0n) is 14.0. The number of hydrogen-bond acceptors (Lipinski definition) is 3. The maximum absolute atomic E-state index is 12.3. The first kappa shape index (κ1) is 17.5. The average Bonchev–Trinajstić information content (AvgIpc) is 2.59. The Morgan fingerprint density at radius 1 is 1.00 bits per heavy atom. The van der Waals surface area contributed by atoms with Crippen molar-refractivity contribution in [2.75, 3.05) is 5.32 Å². The number of carbonyl (C=O) groups excluding carboxylic acids is 2. The largest absolute Gasteiger partial charge is 0.370 e. The van der Waals surface area contributed by atoms with E-state index in [0.717, 1.165) is 17.7 Å². The second kappa shape index (κ2) is 8.15. The minimum absolute atomic E-state index is 0.486. The third-order valence-corrected chi connectivity index (χ3v) is 4.04. The lowest BCUT2D eigenvalue weighted by Gasteiger charge is -2.19. The van der Waals surface area contributed by atoms with E-state index in [9.17, 15) is 9.59 Å². The van der Waals surface area contributed by atoms with E-state index in [4.69, 9.17) is 5.73 Å². The lowest BCUT2D eigenvalue weighted by atomic mass is 9.98. The van der Waals surface area contributed by atoms with Crippen molar-refractivity contribution in [3.63, 3.8) is 0 Å². The molecule has 3 amide bonds. The number of nitrogens with two attached hydrogens (primary N) is 1. The van der Waals surface area contributed by atoms with Crippen LogP contribution in [0.25, 0.3) is 0 Å². The third kappa shape index (κ3) is 4.59. The van der Waals surface area contributed by atoms with Gasteiger partial charge in [-0.25, -0.2) is 4.79 Å². The monoisotopic (exact) mass is 325 g/mol. The number of nitrogens with one attached hydrogen (secondary N) is 2. The van der Waals surface area contributed by atoms with Gasteiger partial charge >= 0.3 is 6.03 Å². The summed E-state index contributed by atoms with van der Waals surface area (Å²) < 4.78 is 0. The first-order valence-electron chi connectivity index (χ1n) is 8.03. The van der Waals surface area contributed by atoms with Crippen LogP contribution in [0, 0.1) is 0 Å². The van der Waals surface area contributed by atoms with Crippen LogP contribution < -0.4 is 16.4 Å². The number of amides is 3. The molecule has 0 radical (unpaired) electrons. The zero-order chi connectivity index (χ0) is 17.5. The Morgan fingerprint density at radius 3 is 2.17 bits per heavy atom. The Bertz CT molecular complexity index is 684. The van der Waals surface area contributed by atoms with E-state index in [-0.39, 0.29) is 0 Å². The van der Waals surface area contributed by atoms with Crippen LogP contribution in [0.2, 0.25) is 0 Å². The van der Waals surface area contributed by atoms with Gasteiger partial charge in [0.25, 0.3) is 5.91 Å². The van der Waals surface area contributed by atoms with Crippen LogP contribution in [0.15, 0.2) is 54.6 Å². The van der Waals surface area contributed by atoms with Crippen molar-refractivity contribution in [3.8, 4) is 0 Å². The number of hydrogen-bond donors (Lipinski definition) is 3. The Morgan fingerprint density at radius 2 is 1.62 bits per heavy atom. The molecule has 4 N–H and O–H groups in total. The van der Waals surface area contributed by atoms with Crippen molar-refractivity contribution in [2.24, 2.45) is 5.73 Å². The Labute approximate surface area is 142 Å². The van der Waals surface area contributed by atoms with Gasteiger partial charge in [-0.15, -0.1) is 0 Å². The molecule has 126 valence electrons. The highest BCUT2D eigenvalue weighted by Crippen LogP contribution is 2.24. The van der Waals surface area contributed by atoms with E-state index in [0.29, 0.717) is 5.92 Å². The van der Waals surface area contributed by atoms with Crippen LogP contribution in [-0.4, -0.2) is 11.9 Å². The van der Waals surface area contributed by atoms with Gasteiger partial charge in [0.15, 0.2) is 0 Å². The molecule has 0 saturated carbocycles. The van der Waals surface area contributed by atoms with Crippen LogP contribution in [0.1, 0.15) is 43.4 Å². The van der Waals surface area contributed by atoms with Gasteiger partial charge in [-0.1, -0.05) is 56.3 Å². The summed E-state index contributed by atoms with van der Waals surface area (Å²) in [4.78, 5) is 23.3. The number of primary amides is 1. The van der Waals surface area contributed by atoms with Crippen molar-refractivity contribution >= 4 is 17.6 Å². The van der Waals surface area contributed by atoms with Gasteiger partial charge in [0, 0.05) is 5.69 Å². The number of rotatable bonds is 6. The van der Waals surface area contributed by atoms with Gasteiger partial charge < -0.3 is 11.1 Å². The molecular weight excluding hydrogens is 302 g/mol. The Balaban J connectivity index is 2.22. The summed E-state index contributed by atoms with van der Waals surface area (Å²) in [6.45, 7) is 4.33. The van der Waals surface area contributed by atoms with E-state index in [2.05, 4.69) is 24.5 Å². The van der Waals surface area contributed by atoms with E-state index < -0.39 is 18.0 Å². The fourth-order valence-corrected chi connectivity index (χ4v) is 2.45. The van der Waals surface area contributed by atoms with E-state index in [1.807, 2.05) is 54.6 Å². The predicted molar refractivity (Wildman–Crippen MR) is 95.7 cm³/mol. The first-order valence-corrected chi connectivity index (χ1v) is 8.03. The van der Waals surface area contributed by atoms with Gasteiger partial charge in [0.2, 0.25) is 0 Å². The van der Waals surface area contributed by atoms with Gasteiger partial charge in [0.05, 0.1) is 0 Å². The van der Waals surface area contributed by atoms with E-state index >= 15 is 0 Å². The molecule has 5 heteroatoms. The highest BCUT2D eigenvalue weighted by atomic mass is 16.2. The van der Waals surface area contributed by atoms with Crippen molar-refractivity contribution in [3.05, 3.63) is 65.7 Å². The smallest absolute Gasteiger partial charge is 0.318 e. The SMILES string of the molecule is CC[C@@H](C)c1ccc(N[C@H](C(=O)NC(N)=O)c2ccccc2)cc1. The molecule has 2 rings (SSSR count). The number of anilines is 1. The van der Waals surface area contributed by atoms with Crippen LogP contribution in [0.5, 0.6) is 0 Å². The molecule has 2 aromatic rings. The molecule has 0 saturated heterocycles. The molecule has 0 spiro atoms. The summed E-state index contributed by atoms with van der Waals surface area (Å²) in [6, 6.07) is 15.6. The summed E-state index contributed by atoms with van der Waals surface area (Å²) in [6.07, 6.45) is 1.07. The lowest BCUT2D eigenvalue weighted by Crippen LogP contribution is -2.40. The van der Waals surface area contributed by atoms with Crippen molar-refractivity contribution in [1.29, 1.82) is 0 Å². The first-order chi connectivity index (χ1) is 11.5. The number of urea groups is 1. The fraction of sp³-hybridized carbons (Fsp3) is 0.263. The standard InChI is InChI=1S/C19H23N3O2/c1-3-13(2)14-9-11-16(12-10-14)21-17(18(23)22-19(20)24)15-7-5-4-6-8-15/h4-13,17,21H,3H2,1-2H3,(H3,20,22,23,24)/t13-,17+/m1/s1. The maximum Gasteiger partial charge on any atom is 0.318 e. The van der Waals surface area contributed by atoms with Gasteiger partial charge in [0.1, 0.15) is 6.04 Å². The van der Waals surface area contributed by atoms with Crippen LogP contribution >= 0.6 is 0 Å². The average molecular weight is 325 g/mol. The molecule has 0 heterocycles. The highest BCUT2D eigenvalue weighted by Gasteiger charge is 2.21. The minimum Gasteiger partial charge on any atom is -0.370 e. The normalized spacial score (nSPS) is 12.9. The van der Waals surface area contributed by atoms with Crippen molar-refractivity contribution in [1.82, 2.24) is 5.32 Å². The topological polar surface area (TPSA) is 84.2 Å². The molecule has 0 unspecified atom stereocenters. The fourth-order valence-electron chi connectivity index (χ4n) is 2.45. The molecule has 0 aliphatic rings. The Kier molecular flexibility index (Phi) is 5.95. The highest BCUT2D eigenvalue weighted by molar-refractivity contribution is 5.98. The summed E-state index contributed by atoms with van der Waals surface area (Å²) >= 11 is 0. The van der Waals surface area contributed by atoms with Gasteiger partial charge in [-0.3, -0.25) is 10.1 Å². The van der Waals surface area contributed by atoms with Crippen molar-refractivity contribution < 1.29 is 9.59 Å². The molecule has 5 nitrogen and oxygen atoms in total. The molecule has 0 aliphatic heterocycles. The summed E-state index contributed by atoms with van der Waals surface area (Å²) in [5, 5.41) is 5.30. The molecular formula is C19H23N3O2. The van der Waals surface area contributed by atoms with E-state index in [1.54, 1.807) is 0 Å². The number of imide groups is 1. The Hall–Kier alpha value is -2.82. The molecule has 2 atom stereocenters. The number of carbonyl (C=O) groups is 2. The quantitative estimate of drug-likeness (QED) is 0.759. The summed E-state index contributed by atoms with van der Waals surface area (Å²) in [5.41, 5.74) is 7.88. The molecule has 0 aliphatic carbocycles. The van der Waals surface area contributed by atoms with Crippen LogP contribution in [0.3, 0.4) is 0 Å². The van der Waals surface area contributed by atoms with Crippen LogP contribution in [-0.2, 0) is 4.79 Å². The summed E-state index contributed by atoms with van der Waals surface area (Å²) in [5.74, 6) is 0.00170. The van der Waals surface area contributed by atoms with Gasteiger partial charge in [-0.2, -0.15) is 0 Å². The molecule has 0 fully saturated rings.